The third-order valence-corrected chi connectivity index (χ3v) is 5.08. The Morgan fingerprint density at radius 1 is 1.19 bits per heavy atom. The molecule has 1 amide bonds. The summed E-state index contributed by atoms with van der Waals surface area (Å²) in [6, 6.07) is 9.59. The molecule has 4 nitrogen and oxygen atoms in total. The first-order valence-electron chi connectivity index (χ1n) is 8.86. The first-order valence-corrected chi connectivity index (χ1v) is 8.86. The largest absolute Gasteiger partial charge is 0.365 e. The van der Waals surface area contributed by atoms with Crippen LogP contribution >= 0.6 is 0 Å². The zero-order chi connectivity index (χ0) is 19.8. The molecule has 0 aromatic heterocycles. The number of carbonyl (C=O) groups is 1. The van der Waals surface area contributed by atoms with Crippen molar-refractivity contribution in [2.75, 3.05) is 11.9 Å². The predicted molar refractivity (Wildman–Crippen MR) is 109 cm³/mol. The lowest BCUT2D eigenvalue weighted by atomic mass is 9.87. The van der Waals surface area contributed by atoms with Crippen molar-refractivity contribution in [1.82, 2.24) is 5.43 Å². The van der Waals surface area contributed by atoms with Crippen molar-refractivity contribution >= 4 is 23.4 Å². The van der Waals surface area contributed by atoms with E-state index in [0.717, 1.165) is 16.7 Å². The molecular formula is C22H24FN3O. The smallest absolute Gasteiger partial charge is 0.271 e. The molecule has 0 atom stereocenters. The molecule has 1 N–H and O–H groups in total. The van der Waals surface area contributed by atoms with Gasteiger partial charge in [0.15, 0.2) is 0 Å². The van der Waals surface area contributed by atoms with E-state index in [1.54, 1.807) is 6.21 Å². The Balaban J connectivity index is 1.82. The molecule has 2 aromatic carbocycles. The molecule has 3 rings (SSSR count). The van der Waals surface area contributed by atoms with Gasteiger partial charge in [-0.05, 0) is 80.8 Å². The summed E-state index contributed by atoms with van der Waals surface area (Å²) in [6.07, 6.45) is 3.89. The second-order valence-corrected chi connectivity index (χ2v) is 7.47. The number of benzene rings is 2. The van der Waals surface area contributed by atoms with Gasteiger partial charge in [-0.15, -0.1) is 0 Å². The topological polar surface area (TPSA) is 44.7 Å². The summed E-state index contributed by atoms with van der Waals surface area (Å²) in [5.74, 6) is -0.754. The van der Waals surface area contributed by atoms with E-state index < -0.39 is 0 Å². The first kappa shape index (κ1) is 18.8. The Morgan fingerprint density at radius 3 is 2.52 bits per heavy atom. The standard InChI is InChI=1S/C22H24FN3O/c1-14-10-20-19(15(2)12-22(3,4)26(20)5)11-17(14)13-24-25-21(27)16-6-8-18(23)9-7-16/h6-13H,1-5H3,(H,25,27)/b24-13-. The molecule has 5 heteroatoms. The number of fused-ring (bicyclic) bond motifs is 1. The summed E-state index contributed by atoms with van der Waals surface area (Å²) in [7, 11) is 2.10. The van der Waals surface area contributed by atoms with Crippen LogP contribution in [0.2, 0.25) is 0 Å². The fraction of sp³-hybridized carbons (Fsp3) is 0.273. The molecule has 1 aliphatic rings. The number of hydrogen-bond acceptors (Lipinski definition) is 3. The molecule has 2 aromatic rings. The minimum atomic E-state index is -0.378. The molecule has 0 aliphatic carbocycles. The molecule has 27 heavy (non-hydrogen) atoms. The van der Waals surface area contributed by atoms with E-state index in [9.17, 15) is 9.18 Å². The van der Waals surface area contributed by atoms with Gasteiger partial charge >= 0.3 is 0 Å². The lowest BCUT2D eigenvalue weighted by Gasteiger charge is -2.41. The van der Waals surface area contributed by atoms with E-state index in [1.165, 1.54) is 35.5 Å². The molecule has 0 unspecified atom stereocenters. The van der Waals surface area contributed by atoms with Crippen LogP contribution < -0.4 is 10.3 Å². The molecule has 1 heterocycles. The highest BCUT2D eigenvalue weighted by Crippen LogP contribution is 2.38. The van der Waals surface area contributed by atoms with Crippen LogP contribution in [0.1, 0.15) is 47.8 Å². The van der Waals surface area contributed by atoms with Crippen molar-refractivity contribution in [2.45, 2.75) is 33.2 Å². The van der Waals surface area contributed by atoms with E-state index in [4.69, 9.17) is 0 Å². The summed E-state index contributed by atoms with van der Waals surface area (Å²) in [5.41, 5.74) is 8.39. The van der Waals surface area contributed by atoms with Gasteiger partial charge in [0.2, 0.25) is 0 Å². The molecule has 0 radical (unpaired) electrons. The molecule has 1 aliphatic heterocycles. The van der Waals surface area contributed by atoms with Crippen molar-refractivity contribution in [1.29, 1.82) is 0 Å². The maximum Gasteiger partial charge on any atom is 0.271 e. The lowest BCUT2D eigenvalue weighted by molar-refractivity contribution is 0.0955. The van der Waals surface area contributed by atoms with Gasteiger partial charge in [0.05, 0.1) is 11.8 Å². The zero-order valence-electron chi connectivity index (χ0n) is 16.3. The van der Waals surface area contributed by atoms with Crippen LogP contribution in [0.5, 0.6) is 0 Å². The van der Waals surface area contributed by atoms with Gasteiger partial charge in [-0.25, -0.2) is 9.82 Å². The Bertz CT molecular complexity index is 943. The van der Waals surface area contributed by atoms with Crippen LogP contribution in [-0.2, 0) is 0 Å². The maximum absolute atomic E-state index is 12.9. The van der Waals surface area contributed by atoms with Crippen molar-refractivity contribution < 1.29 is 9.18 Å². The van der Waals surface area contributed by atoms with E-state index in [1.807, 2.05) is 6.92 Å². The number of carbonyl (C=O) groups excluding carboxylic acids is 1. The Hall–Kier alpha value is -2.95. The predicted octanol–water partition coefficient (Wildman–Crippen LogP) is 4.53. The third-order valence-electron chi connectivity index (χ3n) is 5.08. The molecular weight excluding hydrogens is 341 g/mol. The zero-order valence-corrected chi connectivity index (χ0v) is 16.3. The van der Waals surface area contributed by atoms with E-state index in [0.29, 0.717) is 5.56 Å². The maximum atomic E-state index is 12.9. The number of amides is 1. The average Bonchev–Trinajstić information content (AvgIpc) is 2.61. The Morgan fingerprint density at radius 2 is 1.85 bits per heavy atom. The van der Waals surface area contributed by atoms with Crippen molar-refractivity contribution in [3.63, 3.8) is 0 Å². The van der Waals surface area contributed by atoms with Gasteiger partial charge in [0.25, 0.3) is 5.91 Å². The fourth-order valence-electron chi connectivity index (χ4n) is 3.28. The molecule has 0 saturated heterocycles. The van der Waals surface area contributed by atoms with Crippen molar-refractivity contribution in [3.8, 4) is 0 Å². The highest BCUT2D eigenvalue weighted by atomic mass is 19.1. The SMILES string of the molecule is CC1=CC(C)(C)N(C)c2cc(C)c(/C=N\NC(=O)c3ccc(F)cc3)cc21. The van der Waals surface area contributed by atoms with Crippen LogP contribution in [-0.4, -0.2) is 24.7 Å². The van der Waals surface area contributed by atoms with Crippen molar-refractivity contribution in [3.05, 3.63) is 70.5 Å². The Kier molecular flexibility index (Phi) is 4.87. The summed E-state index contributed by atoms with van der Waals surface area (Å²) >= 11 is 0. The van der Waals surface area contributed by atoms with E-state index in [-0.39, 0.29) is 17.3 Å². The van der Waals surface area contributed by atoms with Gasteiger partial charge in [-0.2, -0.15) is 5.10 Å². The molecule has 0 bridgehead atoms. The Labute approximate surface area is 159 Å². The number of hydrazone groups is 1. The van der Waals surface area contributed by atoms with Gasteiger partial charge in [0, 0.05) is 23.9 Å². The summed E-state index contributed by atoms with van der Waals surface area (Å²) in [4.78, 5) is 14.3. The summed E-state index contributed by atoms with van der Waals surface area (Å²) < 4.78 is 12.9. The number of likely N-dealkylation sites (N-methyl/N-ethyl adjacent to an activating group) is 1. The second-order valence-electron chi connectivity index (χ2n) is 7.47. The lowest BCUT2D eigenvalue weighted by Crippen LogP contribution is -2.42. The first-order chi connectivity index (χ1) is 12.7. The molecule has 0 fully saturated rings. The van der Waals surface area contributed by atoms with Gasteiger partial charge in [0.1, 0.15) is 5.82 Å². The van der Waals surface area contributed by atoms with E-state index >= 15 is 0 Å². The van der Waals surface area contributed by atoms with Gasteiger partial charge in [-0.1, -0.05) is 6.08 Å². The molecule has 140 valence electrons. The van der Waals surface area contributed by atoms with Gasteiger partial charge in [-0.3, -0.25) is 4.79 Å². The second kappa shape index (κ2) is 6.99. The van der Waals surface area contributed by atoms with E-state index in [2.05, 4.69) is 61.5 Å². The van der Waals surface area contributed by atoms with Crippen LogP contribution in [0.4, 0.5) is 10.1 Å². The number of anilines is 1. The number of hydrogen-bond donors (Lipinski definition) is 1. The van der Waals surface area contributed by atoms with Crippen LogP contribution in [0.15, 0.2) is 47.6 Å². The fourth-order valence-corrected chi connectivity index (χ4v) is 3.28. The number of rotatable bonds is 3. The van der Waals surface area contributed by atoms with Crippen LogP contribution in [0.3, 0.4) is 0 Å². The average molecular weight is 365 g/mol. The van der Waals surface area contributed by atoms with Crippen LogP contribution in [0.25, 0.3) is 5.57 Å². The number of nitrogens with zero attached hydrogens (tertiary/aromatic N) is 2. The minimum Gasteiger partial charge on any atom is -0.365 e. The monoisotopic (exact) mass is 365 g/mol. The summed E-state index contributed by atoms with van der Waals surface area (Å²) in [5, 5.41) is 4.07. The quantitative estimate of drug-likeness (QED) is 0.642. The summed E-state index contributed by atoms with van der Waals surface area (Å²) in [6.45, 7) is 8.52. The number of allylic oxidation sites excluding steroid dienone is 1. The van der Waals surface area contributed by atoms with Crippen LogP contribution in [0, 0.1) is 12.7 Å². The third kappa shape index (κ3) is 3.77. The minimum absolute atomic E-state index is 0.0394. The highest BCUT2D eigenvalue weighted by molar-refractivity contribution is 5.95. The van der Waals surface area contributed by atoms with Crippen molar-refractivity contribution in [2.24, 2.45) is 5.10 Å². The van der Waals surface area contributed by atoms with Gasteiger partial charge < -0.3 is 4.90 Å². The number of nitrogens with one attached hydrogen (secondary N) is 1. The normalized spacial score (nSPS) is 15.5. The molecule has 0 spiro atoms. The molecule has 0 saturated carbocycles. The highest BCUT2D eigenvalue weighted by Gasteiger charge is 2.28. The number of aryl methyl sites for hydroxylation is 1. The number of halogens is 1.